The molecular weight excluding hydrogens is 240 g/mol. The Kier molecular flexibility index (Phi) is 2.82. The number of rotatable bonds is 3. The molecule has 1 nitrogen and oxygen atoms in total. The second-order valence-corrected chi connectivity index (χ2v) is 4.48. The van der Waals surface area contributed by atoms with Gasteiger partial charge in [0.2, 0.25) is 0 Å². The van der Waals surface area contributed by atoms with Crippen molar-refractivity contribution in [3.05, 3.63) is 40.4 Å². The number of carbonyl (C=O) groups is 1. The van der Waals surface area contributed by atoms with Crippen LogP contribution in [0, 0.1) is 5.92 Å². The zero-order valence-electron chi connectivity index (χ0n) is 7.74. The van der Waals surface area contributed by atoms with Crippen molar-refractivity contribution in [2.75, 3.05) is 0 Å². The number of hydrogen-bond acceptors (Lipinski definition) is 1. The lowest BCUT2D eigenvalue weighted by Gasteiger charge is -1.93. The lowest BCUT2D eigenvalue weighted by atomic mass is 10.1. The summed E-state index contributed by atoms with van der Waals surface area (Å²) in [6.45, 7) is 0. The molecule has 0 radical (unpaired) electrons. The van der Waals surface area contributed by atoms with Crippen LogP contribution in [0.5, 0.6) is 0 Å². The first kappa shape index (κ1) is 9.66. The van der Waals surface area contributed by atoms with Crippen LogP contribution in [0.1, 0.15) is 18.4 Å². The van der Waals surface area contributed by atoms with Gasteiger partial charge in [0.1, 0.15) is 0 Å². The van der Waals surface area contributed by atoms with Gasteiger partial charge in [-0.05, 0) is 36.6 Å². The highest BCUT2D eigenvalue weighted by Gasteiger charge is 2.27. The summed E-state index contributed by atoms with van der Waals surface area (Å²) in [5.74, 6) is 0.592. The summed E-state index contributed by atoms with van der Waals surface area (Å²) in [6.07, 6.45) is 5.72. The molecule has 2 rings (SSSR count). The Balaban J connectivity index is 2.02. The van der Waals surface area contributed by atoms with Gasteiger partial charge in [0.15, 0.2) is 5.78 Å². The third kappa shape index (κ3) is 2.55. The van der Waals surface area contributed by atoms with Gasteiger partial charge < -0.3 is 0 Å². The Bertz CT molecular complexity index is 360. The van der Waals surface area contributed by atoms with Crippen molar-refractivity contribution in [1.82, 2.24) is 0 Å². The van der Waals surface area contributed by atoms with Crippen molar-refractivity contribution in [3.63, 3.8) is 0 Å². The molecule has 0 amide bonds. The van der Waals surface area contributed by atoms with Crippen LogP contribution >= 0.6 is 15.9 Å². The van der Waals surface area contributed by atoms with E-state index >= 15 is 0 Å². The molecule has 14 heavy (non-hydrogen) atoms. The van der Waals surface area contributed by atoms with Crippen molar-refractivity contribution >= 4 is 27.8 Å². The van der Waals surface area contributed by atoms with Crippen LogP contribution in [-0.4, -0.2) is 5.78 Å². The summed E-state index contributed by atoms with van der Waals surface area (Å²) in [4.78, 5) is 11.3. The van der Waals surface area contributed by atoms with Crippen LogP contribution < -0.4 is 0 Å². The van der Waals surface area contributed by atoms with E-state index in [0.717, 1.165) is 22.9 Å². The highest BCUT2D eigenvalue weighted by Crippen LogP contribution is 2.30. The van der Waals surface area contributed by atoms with Crippen LogP contribution in [0.25, 0.3) is 6.08 Å². The van der Waals surface area contributed by atoms with Crippen LogP contribution in [-0.2, 0) is 4.79 Å². The molecule has 1 saturated carbocycles. The minimum absolute atomic E-state index is 0.271. The van der Waals surface area contributed by atoms with Crippen molar-refractivity contribution in [3.8, 4) is 0 Å². The second-order valence-electron chi connectivity index (χ2n) is 3.56. The van der Waals surface area contributed by atoms with E-state index < -0.39 is 0 Å². The lowest BCUT2D eigenvalue weighted by Crippen LogP contribution is -1.93. The molecule has 1 fully saturated rings. The summed E-state index contributed by atoms with van der Waals surface area (Å²) in [6, 6.07) is 7.92. The molecule has 0 atom stereocenters. The molecule has 0 saturated heterocycles. The van der Waals surface area contributed by atoms with Crippen molar-refractivity contribution < 1.29 is 4.79 Å². The third-order valence-corrected chi connectivity index (χ3v) is 2.82. The van der Waals surface area contributed by atoms with E-state index in [2.05, 4.69) is 15.9 Å². The topological polar surface area (TPSA) is 17.1 Å². The number of allylic oxidation sites excluding steroid dienone is 1. The maximum absolute atomic E-state index is 11.3. The summed E-state index contributed by atoms with van der Waals surface area (Å²) < 4.78 is 1.06. The molecule has 2 heteroatoms. The van der Waals surface area contributed by atoms with Gasteiger partial charge in [0.05, 0.1) is 0 Å². The summed E-state index contributed by atoms with van der Waals surface area (Å²) in [7, 11) is 0. The number of halogens is 1. The number of hydrogen-bond donors (Lipinski definition) is 0. The molecule has 0 unspecified atom stereocenters. The molecule has 0 bridgehead atoms. The Morgan fingerprint density at radius 1 is 1.29 bits per heavy atom. The fourth-order valence-corrected chi connectivity index (χ4v) is 1.52. The fourth-order valence-electron chi connectivity index (χ4n) is 1.26. The minimum Gasteiger partial charge on any atom is -0.295 e. The van der Waals surface area contributed by atoms with Crippen molar-refractivity contribution in [2.24, 2.45) is 5.92 Å². The highest BCUT2D eigenvalue weighted by molar-refractivity contribution is 9.10. The molecule has 0 heterocycles. The van der Waals surface area contributed by atoms with E-state index in [-0.39, 0.29) is 5.78 Å². The van der Waals surface area contributed by atoms with Gasteiger partial charge in [-0.1, -0.05) is 34.1 Å². The maximum Gasteiger partial charge on any atom is 0.158 e. The molecule has 0 aromatic heterocycles. The standard InChI is InChI=1S/C12H11BrO/c13-11-6-1-9(2-7-11)3-8-12(14)10-4-5-10/h1-3,6-8,10H,4-5H2/b8-3+. The van der Waals surface area contributed by atoms with Gasteiger partial charge in [0, 0.05) is 10.4 Å². The quantitative estimate of drug-likeness (QED) is 0.752. The highest BCUT2D eigenvalue weighted by atomic mass is 79.9. The second kappa shape index (κ2) is 4.09. The smallest absolute Gasteiger partial charge is 0.158 e. The van der Waals surface area contributed by atoms with E-state index in [1.807, 2.05) is 30.3 Å². The fraction of sp³-hybridized carbons (Fsp3) is 0.250. The van der Waals surface area contributed by atoms with Gasteiger partial charge in [-0.3, -0.25) is 4.79 Å². The van der Waals surface area contributed by atoms with Crippen molar-refractivity contribution in [1.29, 1.82) is 0 Å². The first-order chi connectivity index (χ1) is 6.75. The largest absolute Gasteiger partial charge is 0.295 e. The molecule has 1 aliphatic rings. The molecule has 0 spiro atoms. The normalized spacial score (nSPS) is 16.1. The van der Waals surface area contributed by atoms with Gasteiger partial charge >= 0.3 is 0 Å². The first-order valence-electron chi connectivity index (χ1n) is 4.73. The maximum atomic E-state index is 11.3. The van der Waals surface area contributed by atoms with E-state index in [9.17, 15) is 4.79 Å². The van der Waals surface area contributed by atoms with E-state index in [4.69, 9.17) is 0 Å². The minimum atomic E-state index is 0.271. The van der Waals surface area contributed by atoms with Gasteiger partial charge in [-0.25, -0.2) is 0 Å². The summed E-state index contributed by atoms with van der Waals surface area (Å²) in [5, 5.41) is 0. The zero-order chi connectivity index (χ0) is 9.97. The van der Waals surface area contributed by atoms with Crippen molar-refractivity contribution in [2.45, 2.75) is 12.8 Å². The monoisotopic (exact) mass is 250 g/mol. The number of ketones is 1. The Labute approximate surface area is 92.0 Å². The average Bonchev–Trinajstić information content (AvgIpc) is 3.00. The van der Waals surface area contributed by atoms with E-state index in [0.29, 0.717) is 5.92 Å². The van der Waals surface area contributed by atoms with Crippen LogP contribution in [0.2, 0.25) is 0 Å². The molecule has 1 aromatic rings. The van der Waals surface area contributed by atoms with Crippen LogP contribution in [0.15, 0.2) is 34.8 Å². The van der Waals surface area contributed by atoms with Crippen LogP contribution in [0.4, 0.5) is 0 Å². The molecule has 0 aliphatic heterocycles. The molecule has 1 aliphatic carbocycles. The Hall–Kier alpha value is -0.890. The average molecular weight is 251 g/mol. The molecule has 1 aromatic carbocycles. The van der Waals surface area contributed by atoms with E-state index in [1.165, 1.54) is 0 Å². The number of benzene rings is 1. The third-order valence-electron chi connectivity index (χ3n) is 2.29. The predicted octanol–water partition coefficient (Wildman–Crippen LogP) is 3.44. The first-order valence-corrected chi connectivity index (χ1v) is 5.52. The lowest BCUT2D eigenvalue weighted by molar-refractivity contribution is -0.115. The molecular formula is C12H11BrO. The Morgan fingerprint density at radius 2 is 1.93 bits per heavy atom. The Morgan fingerprint density at radius 3 is 2.50 bits per heavy atom. The van der Waals surface area contributed by atoms with Crippen LogP contribution in [0.3, 0.4) is 0 Å². The van der Waals surface area contributed by atoms with Gasteiger partial charge in [-0.15, -0.1) is 0 Å². The SMILES string of the molecule is O=C(/C=C/c1ccc(Br)cc1)C1CC1. The summed E-state index contributed by atoms with van der Waals surface area (Å²) in [5.41, 5.74) is 1.07. The predicted molar refractivity (Wildman–Crippen MR) is 60.9 cm³/mol. The summed E-state index contributed by atoms with van der Waals surface area (Å²) >= 11 is 3.37. The zero-order valence-corrected chi connectivity index (χ0v) is 9.33. The molecule has 0 N–H and O–H groups in total. The van der Waals surface area contributed by atoms with Gasteiger partial charge in [-0.2, -0.15) is 0 Å². The van der Waals surface area contributed by atoms with E-state index in [1.54, 1.807) is 6.08 Å². The number of carbonyl (C=O) groups excluding carboxylic acids is 1. The van der Waals surface area contributed by atoms with Gasteiger partial charge in [0.25, 0.3) is 0 Å². The molecule has 72 valence electrons.